The lowest BCUT2D eigenvalue weighted by molar-refractivity contribution is -0.132. The average Bonchev–Trinajstić information content (AvgIpc) is 3.46. The fourth-order valence-electron chi connectivity index (χ4n) is 3.85. The molecular weight excluding hydrogens is 400 g/mol. The van der Waals surface area contributed by atoms with Gasteiger partial charge in [-0.1, -0.05) is 43.3 Å². The minimum absolute atomic E-state index is 0. The van der Waals surface area contributed by atoms with E-state index >= 15 is 0 Å². The van der Waals surface area contributed by atoms with Gasteiger partial charge in [0.1, 0.15) is 0 Å². The highest BCUT2D eigenvalue weighted by molar-refractivity contribution is 5.85. The Labute approximate surface area is 185 Å². The lowest BCUT2D eigenvalue weighted by Gasteiger charge is -2.32. The molecule has 164 valence electrons. The summed E-state index contributed by atoms with van der Waals surface area (Å²) in [5.74, 6) is 2.70. The first-order chi connectivity index (χ1) is 14.1. The monoisotopic (exact) mass is 432 g/mol. The molecule has 1 saturated carbocycles. The van der Waals surface area contributed by atoms with E-state index in [0.29, 0.717) is 36.5 Å². The Kier molecular flexibility index (Phi) is 7.89. The summed E-state index contributed by atoms with van der Waals surface area (Å²) in [7, 11) is 0. The van der Waals surface area contributed by atoms with Crippen LogP contribution >= 0.6 is 12.4 Å². The molecule has 30 heavy (non-hydrogen) atoms. The first-order valence-electron chi connectivity index (χ1n) is 11.0. The molecule has 0 unspecified atom stereocenters. The second-order valence-corrected chi connectivity index (χ2v) is 8.80. The summed E-state index contributed by atoms with van der Waals surface area (Å²) in [5, 5.41) is 7.74. The minimum atomic E-state index is 0. The quantitative estimate of drug-likeness (QED) is 0.676. The Hall–Kier alpha value is -1.92. The fraction of sp³-hybridized carbons (Fsp3) is 0.609. The molecule has 1 aromatic heterocycles. The maximum atomic E-state index is 12.5. The van der Waals surface area contributed by atoms with E-state index in [1.54, 1.807) is 0 Å². The van der Waals surface area contributed by atoms with Gasteiger partial charge < -0.3 is 14.7 Å². The smallest absolute Gasteiger partial charge is 0.227 e. The Bertz CT molecular complexity index is 809. The number of carbonyl (C=O) groups excluding carboxylic acids is 1. The molecule has 6 nitrogen and oxygen atoms in total. The second kappa shape index (κ2) is 10.4. The summed E-state index contributed by atoms with van der Waals surface area (Å²) in [6.07, 6.45) is 5.78. The van der Waals surface area contributed by atoms with Gasteiger partial charge in [-0.15, -0.1) is 12.4 Å². The van der Waals surface area contributed by atoms with E-state index in [4.69, 9.17) is 4.52 Å². The molecule has 2 aromatic rings. The van der Waals surface area contributed by atoms with Crippen molar-refractivity contribution in [3.63, 3.8) is 0 Å². The SMILES string of the molecule is CC(C)c1ccc(-c2noc(CCC(=O)N3CCC(NCC4CC4)CC3)n2)cc1.Cl. The van der Waals surface area contributed by atoms with Crippen LogP contribution in [-0.4, -0.2) is 46.6 Å². The van der Waals surface area contributed by atoms with Gasteiger partial charge >= 0.3 is 0 Å². The van der Waals surface area contributed by atoms with Crippen molar-refractivity contribution in [2.24, 2.45) is 5.92 Å². The zero-order valence-electron chi connectivity index (χ0n) is 18.0. The zero-order valence-corrected chi connectivity index (χ0v) is 18.8. The Balaban J connectivity index is 0.00000256. The number of likely N-dealkylation sites (tertiary alicyclic amines) is 1. The van der Waals surface area contributed by atoms with Crippen LogP contribution in [0.5, 0.6) is 0 Å². The van der Waals surface area contributed by atoms with Gasteiger partial charge in [0.15, 0.2) is 0 Å². The van der Waals surface area contributed by atoms with Crippen LogP contribution in [0, 0.1) is 5.92 Å². The zero-order chi connectivity index (χ0) is 20.2. The Morgan fingerprint density at radius 3 is 2.50 bits per heavy atom. The van der Waals surface area contributed by atoms with Crippen molar-refractivity contribution >= 4 is 18.3 Å². The molecule has 1 saturated heterocycles. The van der Waals surface area contributed by atoms with Crippen LogP contribution in [0.2, 0.25) is 0 Å². The van der Waals surface area contributed by atoms with Gasteiger partial charge in [-0.05, 0) is 49.6 Å². The number of aromatic nitrogens is 2. The van der Waals surface area contributed by atoms with E-state index in [1.165, 1.54) is 18.4 Å². The molecule has 1 amide bonds. The lowest BCUT2D eigenvalue weighted by atomic mass is 10.0. The average molecular weight is 433 g/mol. The fourth-order valence-corrected chi connectivity index (χ4v) is 3.85. The van der Waals surface area contributed by atoms with Crippen molar-refractivity contribution in [2.45, 2.75) is 64.3 Å². The number of aryl methyl sites for hydroxylation is 1. The molecule has 1 aliphatic carbocycles. The van der Waals surface area contributed by atoms with Gasteiger partial charge in [0.25, 0.3) is 0 Å². The summed E-state index contributed by atoms with van der Waals surface area (Å²) in [6, 6.07) is 8.82. The van der Waals surface area contributed by atoms with E-state index in [0.717, 1.165) is 44.0 Å². The van der Waals surface area contributed by atoms with Crippen molar-refractivity contribution in [3.8, 4) is 11.4 Å². The van der Waals surface area contributed by atoms with Gasteiger partial charge in [-0.2, -0.15) is 4.98 Å². The van der Waals surface area contributed by atoms with Gasteiger partial charge in [0.2, 0.25) is 17.6 Å². The highest BCUT2D eigenvalue weighted by Crippen LogP contribution is 2.28. The van der Waals surface area contributed by atoms with Gasteiger partial charge in [0, 0.05) is 37.5 Å². The van der Waals surface area contributed by atoms with Crippen molar-refractivity contribution in [3.05, 3.63) is 35.7 Å². The number of amides is 1. The molecule has 0 spiro atoms. The van der Waals surface area contributed by atoms with Crippen molar-refractivity contribution in [1.29, 1.82) is 0 Å². The number of rotatable bonds is 8. The largest absolute Gasteiger partial charge is 0.343 e. The molecule has 1 aliphatic heterocycles. The van der Waals surface area contributed by atoms with Gasteiger partial charge in [-0.25, -0.2) is 0 Å². The molecule has 1 N–H and O–H groups in total. The predicted octanol–water partition coefficient (Wildman–Crippen LogP) is 4.21. The molecule has 7 heteroatoms. The normalized spacial score (nSPS) is 17.2. The number of nitrogens with one attached hydrogen (secondary N) is 1. The van der Waals surface area contributed by atoms with E-state index in [2.05, 4.69) is 41.4 Å². The van der Waals surface area contributed by atoms with Crippen LogP contribution in [0.4, 0.5) is 0 Å². The number of piperidine rings is 1. The summed E-state index contributed by atoms with van der Waals surface area (Å²) < 4.78 is 5.37. The molecule has 1 aromatic carbocycles. The summed E-state index contributed by atoms with van der Waals surface area (Å²) in [5.41, 5.74) is 2.23. The molecule has 0 atom stereocenters. The summed E-state index contributed by atoms with van der Waals surface area (Å²) in [6.45, 7) is 7.19. The first-order valence-corrected chi connectivity index (χ1v) is 11.0. The molecule has 2 heterocycles. The highest BCUT2D eigenvalue weighted by Gasteiger charge is 2.26. The Morgan fingerprint density at radius 2 is 1.87 bits per heavy atom. The van der Waals surface area contributed by atoms with E-state index in [-0.39, 0.29) is 18.3 Å². The van der Waals surface area contributed by atoms with Crippen LogP contribution in [-0.2, 0) is 11.2 Å². The van der Waals surface area contributed by atoms with Crippen molar-refractivity contribution < 1.29 is 9.32 Å². The number of hydrogen-bond acceptors (Lipinski definition) is 5. The van der Waals surface area contributed by atoms with E-state index in [9.17, 15) is 4.79 Å². The van der Waals surface area contributed by atoms with Crippen LogP contribution < -0.4 is 5.32 Å². The maximum Gasteiger partial charge on any atom is 0.227 e. The molecule has 0 bridgehead atoms. The second-order valence-electron chi connectivity index (χ2n) is 8.80. The third kappa shape index (κ3) is 6.05. The van der Waals surface area contributed by atoms with Crippen LogP contribution in [0.25, 0.3) is 11.4 Å². The molecule has 2 fully saturated rings. The molecule has 2 aliphatic rings. The minimum Gasteiger partial charge on any atom is -0.343 e. The van der Waals surface area contributed by atoms with E-state index in [1.807, 2.05) is 17.0 Å². The van der Waals surface area contributed by atoms with Crippen molar-refractivity contribution in [1.82, 2.24) is 20.4 Å². The Morgan fingerprint density at radius 1 is 1.17 bits per heavy atom. The van der Waals surface area contributed by atoms with Crippen molar-refractivity contribution in [2.75, 3.05) is 19.6 Å². The number of nitrogens with zero attached hydrogens (tertiary/aromatic N) is 3. The van der Waals surface area contributed by atoms with Crippen LogP contribution in [0.1, 0.15) is 63.3 Å². The number of hydrogen-bond donors (Lipinski definition) is 1. The molecular formula is C23H33ClN4O2. The molecule has 4 rings (SSSR count). The van der Waals surface area contributed by atoms with Crippen LogP contribution in [0.3, 0.4) is 0 Å². The summed E-state index contributed by atoms with van der Waals surface area (Å²) >= 11 is 0. The molecule has 0 radical (unpaired) electrons. The van der Waals surface area contributed by atoms with Gasteiger partial charge in [-0.3, -0.25) is 4.79 Å². The number of benzene rings is 1. The maximum absolute atomic E-state index is 12.5. The number of halogens is 1. The summed E-state index contributed by atoms with van der Waals surface area (Å²) in [4.78, 5) is 19.0. The standard InChI is InChI=1S/C23H32N4O2.ClH/c1-16(2)18-5-7-19(8-6-18)23-25-21(29-26-23)9-10-22(28)27-13-11-20(12-14-27)24-15-17-3-4-17;/h5-8,16-17,20,24H,3-4,9-15H2,1-2H3;1H. The third-order valence-electron chi connectivity index (χ3n) is 6.10. The van der Waals surface area contributed by atoms with E-state index < -0.39 is 0 Å². The topological polar surface area (TPSA) is 71.3 Å². The third-order valence-corrected chi connectivity index (χ3v) is 6.10. The predicted molar refractivity (Wildman–Crippen MR) is 120 cm³/mol. The lowest BCUT2D eigenvalue weighted by Crippen LogP contribution is -2.45. The van der Waals surface area contributed by atoms with Crippen LogP contribution in [0.15, 0.2) is 28.8 Å². The highest BCUT2D eigenvalue weighted by atomic mass is 35.5. The van der Waals surface area contributed by atoms with Gasteiger partial charge in [0.05, 0.1) is 0 Å². The first kappa shape index (κ1) is 22.8. The number of carbonyl (C=O) groups is 1.